The van der Waals surface area contributed by atoms with Gasteiger partial charge >= 0.3 is 0 Å². The fourth-order valence-electron chi connectivity index (χ4n) is 1.65. The maximum Gasteiger partial charge on any atom is 0.0761 e. The van der Waals surface area contributed by atoms with E-state index < -0.39 is 0 Å². The number of halogens is 1. The Morgan fingerprint density at radius 3 is 2.73 bits per heavy atom. The van der Waals surface area contributed by atoms with E-state index in [4.69, 9.17) is 11.6 Å². The molecule has 0 aromatic carbocycles. The van der Waals surface area contributed by atoms with Gasteiger partial charge in [-0.15, -0.1) is 0 Å². The largest absolute Gasteiger partial charge is 0.309 e. The number of pyridine rings is 1. The Balaban J connectivity index is 2.93. The monoisotopic (exact) mass is 226 g/mol. The maximum atomic E-state index is 6.15. The molecule has 1 aromatic heterocycles. The molecule has 0 radical (unpaired) electrons. The van der Waals surface area contributed by atoms with Gasteiger partial charge in [0, 0.05) is 6.20 Å². The molecule has 3 heteroatoms. The lowest BCUT2D eigenvalue weighted by Gasteiger charge is -2.24. The van der Waals surface area contributed by atoms with E-state index >= 15 is 0 Å². The van der Waals surface area contributed by atoms with Crippen LogP contribution in [-0.4, -0.2) is 11.5 Å². The Labute approximate surface area is 97.1 Å². The van der Waals surface area contributed by atoms with E-state index in [1.54, 1.807) is 6.20 Å². The van der Waals surface area contributed by atoms with Crippen LogP contribution in [0.4, 0.5) is 0 Å². The first-order valence-electron chi connectivity index (χ1n) is 5.54. The molecule has 2 nitrogen and oxygen atoms in total. The molecule has 0 fully saturated rings. The summed E-state index contributed by atoms with van der Waals surface area (Å²) < 4.78 is 0. The molecule has 15 heavy (non-hydrogen) atoms. The average molecular weight is 227 g/mol. The van der Waals surface area contributed by atoms with Crippen LogP contribution in [0.2, 0.25) is 5.02 Å². The number of hydrogen-bond donors (Lipinski definition) is 1. The van der Waals surface area contributed by atoms with Crippen LogP contribution in [-0.2, 0) is 0 Å². The van der Waals surface area contributed by atoms with E-state index in [1.807, 2.05) is 12.1 Å². The second kappa shape index (κ2) is 6.09. The zero-order valence-corrected chi connectivity index (χ0v) is 10.4. The zero-order chi connectivity index (χ0) is 11.3. The number of aromatic nitrogens is 1. The molecule has 0 saturated heterocycles. The molecule has 0 aliphatic carbocycles. The molecule has 0 aliphatic heterocycles. The van der Waals surface area contributed by atoms with Gasteiger partial charge in [0.25, 0.3) is 0 Å². The highest BCUT2D eigenvalue weighted by Crippen LogP contribution is 2.27. The second-order valence-electron chi connectivity index (χ2n) is 3.79. The van der Waals surface area contributed by atoms with E-state index in [2.05, 4.69) is 31.1 Å². The van der Waals surface area contributed by atoms with Gasteiger partial charge in [0.2, 0.25) is 0 Å². The quantitative estimate of drug-likeness (QED) is 0.832. The van der Waals surface area contributed by atoms with Crippen molar-refractivity contribution < 1.29 is 0 Å². The van der Waals surface area contributed by atoms with Gasteiger partial charge in [0.1, 0.15) is 0 Å². The topological polar surface area (TPSA) is 24.9 Å². The van der Waals surface area contributed by atoms with Crippen molar-refractivity contribution in [3.8, 4) is 0 Å². The second-order valence-corrected chi connectivity index (χ2v) is 4.20. The van der Waals surface area contributed by atoms with Gasteiger partial charge in [0.15, 0.2) is 0 Å². The van der Waals surface area contributed by atoms with Crippen molar-refractivity contribution in [2.75, 3.05) is 6.54 Å². The maximum absolute atomic E-state index is 6.15. The normalized spacial score (nSPS) is 14.9. The first-order chi connectivity index (χ1) is 7.20. The number of nitrogens with one attached hydrogen (secondary N) is 1. The SMILES string of the molecule is CCNC(c1ncccc1Cl)C(C)CC. The fourth-order valence-corrected chi connectivity index (χ4v) is 1.89. The van der Waals surface area contributed by atoms with Crippen LogP contribution >= 0.6 is 11.6 Å². The summed E-state index contributed by atoms with van der Waals surface area (Å²) in [5, 5.41) is 4.20. The Bertz CT molecular complexity index is 301. The summed E-state index contributed by atoms with van der Waals surface area (Å²) in [4.78, 5) is 4.37. The van der Waals surface area contributed by atoms with Gasteiger partial charge in [-0.05, 0) is 24.6 Å². The number of hydrogen-bond acceptors (Lipinski definition) is 2. The third kappa shape index (κ3) is 3.18. The molecule has 1 N–H and O–H groups in total. The van der Waals surface area contributed by atoms with Gasteiger partial charge in [-0.3, -0.25) is 4.98 Å². The molecule has 2 unspecified atom stereocenters. The van der Waals surface area contributed by atoms with Crippen LogP contribution in [0.5, 0.6) is 0 Å². The van der Waals surface area contributed by atoms with Gasteiger partial charge in [0.05, 0.1) is 16.8 Å². The highest BCUT2D eigenvalue weighted by molar-refractivity contribution is 6.31. The third-order valence-corrected chi connectivity index (χ3v) is 3.04. The smallest absolute Gasteiger partial charge is 0.0761 e. The summed E-state index contributed by atoms with van der Waals surface area (Å²) in [6.45, 7) is 7.44. The van der Waals surface area contributed by atoms with Gasteiger partial charge in [-0.25, -0.2) is 0 Å². The van der Waals surface area contributed by atoms with Crippen LogP contribution < -0.4 is 5.32 Å². The van der Waals surface area contributed by atoms with E-state index in [9.17, 15) is 0 Å². The lowest BCUT2D eigenvalue weighted by Crippen LogP contribution is -2.27. The van der Waals surface area contributed by atoms with Crippen molar-refractivity contribution in [3.63, 3.8) is 0 Å². The van der Waals surface area contributed by atoms with Crippen LogP contribution in [0.1, 0.15) is 38.9 Å². The Morgan fingerprint density at radius 1 is 1.47 bits per heavy atom. The van der Waals surface area contributed by atoms with E-state index in [0.29, 0.717) is 5.92 Å². The summed E-state index contributed by atoms with van der Waals surface area (Å²) in [7, 11) is 0. The molecule has 0 bridgehead atoms. The van der Waals surface area contributed by atoms with Crippen molar-refractivity contribution in [1.82, 2.24) is 10.3 Å². The molecule has 1 aromatic rings. The number of rotatable bonds is 5. The van der Waals surface area contributed by atoms with Crippen LogP contribution in [0.3, 0.4) is 0 Å². The summed E-state index contributed by atoms with van der Waals surface area (Å²) in [5.74, 6) is 0.539. The Hall–Kier alpha value is -0.600. The predicted octanol–water partition coefficient (Wildman–Crippen LogP) is 3.43. The Kier molecular flexibility index (Phi) is 5.06. The first kappa shape index (κ1) is 12.5. The van der Waals surface area contributed by atoms with Crippen molar-refractivity contribution in [2.24, 2.45) is 5.92 Å². The Morgan fingerprint density at radius 2 is 2.20 bits per heavy atom. The minimum absolute atomic E-state index is 0.258. The van der Waals surface area contributed by atoms with Crippen LogP contribution in [0.25, 0.3) is 0 Å². The summed E-state index contributed by atoms with van der Waals surface area (Å²) in [6, 6.07) is 4.02. The molecule has 1 heterocycles. The molecule has 2 atom stereocenters. The molecule has 0 spiro atoms. The molecular formula is C12H19ClN2. The predicted molar refractivity (Wildman–Crippen MR) is 65.1 cm³/mol. The molecule has 1 rings (SSSR count). The van der Waals surface area contributed by atoms with Crippen LogP contribution in [0, 0.1) is 5.92 Å². The van der Waals surface area contributed by atoms with Gasteiger partial charge in [-0.1, -0.05) is 38.8 Å². The lowest BCUT2D eigenvalue weighted by molar-refractivity contribution is 0.376. The molecule has 0 amide bonds. The highest BCUT2D eigenvalue weighted by Gasteiger charge is 2.20. The zero-order valence-electron chi connectivity index (χ0n) is 9.63. The van der Waals surface area contributed by atoms with E-state index in [-0.39, 0.29) is 6.04 Å². The van der Waals surface area contributed by atoms with Gasteiger partial charge in [-0.2, -0.15) is 0 Å². The van der Waals surface area contributed by atoms with Crippen molar-refractivity contribution >= 4 is 11.6 Å². The summed E-state index contributed by atoms with van der Waals surface area (Å²) in [5.41, 5.74) is 0.968. The molecule has 0 saturated carbocycles. The fraction of sp³-hybridized carbons (Fsp3) is 0.583. The standard InChI is InChI=1S/C12H19ClN2/c1-4-9(3)11(14-5-2)12-10(13)7-6-8-15-12/h6-9,11,14H,4-5H2,1-3H3. The molecule has 84 valence electrons. The molecule has 0 aliphatic rings. The summed E-state index contributed by atoms with van der Waals surface area (Å²) >= 11 is 6.15. The number of nitrogens with zero attached hydrogens (tertiary/aromatic N) is 1. The van der Waals surface area contributed by atoms with Crippen molar-refractivity contribution in [3.05, 3.63) is 29.0 Å². The third-order valence-electron chi connectivity index (χ3n) is 2.72. The minimum Gasteiger partial charge on any atom is -0.309 e. The average Bonchev–Trinajstić information content (AvgIpc) is 2.26. The van der Waals surface area contributed by atoms with E-state index in [1.165, 1.54) is 0 Å². The van der Waals surface area contributed by atoms with Crippen molar-refractivity contribution in [2.45, 2.75) is 33.2 Å². The molecular weight excluding hydrogens is 208 g/mol. The highest BCUT2D eigenvalue weighted by atomic mass is 35.5. The van der Waals surface area contributed by atoms with Crippen LogP contribution in [0.15, 0.2) is 18.3 Å². The van der Waals surface area contributed by atoms with Gasteiger partial charge < -0.3 is 5.32 Å². The van der Waals surface area contributed by atoms with E-state index in [0.717, 1.165) is 23.7 Å². The van der Waals surface area contributed by atoms with Crippen molar-refractivity contribution in [1.29, 1.82) is 0 Å². The summed E-state index contributed by atoms with van der Waals surface area (Å²) in [6.07, 6.45) is 2.92. The minimum atomic E-state index is 0.258. The first-order valence-corrected chi connectivity index (χ1v) is 5.92. The lowest BCUT2D eigenvalue weighted by atomic mass is 9.96.